The Morgan fingerprint density at radius 3 is 2.62 bits per heavy atom. The zero-order chi connectivity index (χ0) is 14.2. The van der Waals surface area contributed by atoms with Crippen LogP contribution in [0.15, 0.2) is 60.9 Å². The molecule has 2 aromatic heterocycles. The van der Waals surface area contributed by atoms with Crippen molar-refractivity contribution < 1.29 is 4.74 Å². The summed E-state index contributed by atoms with van der Waals surface area (Å²) in [5, 5.41) is 6.62. The number of imidazole rings is 1. The molecule has 0 unspecified atom stereocenters. The lowest BCUT2D eigenvalue weighted by atomic mass is 10.2. The van der Waals surface area contributed by atoms with E-state index in [-0.39, 0.29) is 0 Å². The maximum Gasteiger partial charge on any atom is 0.162 e. The van der Waals surface area contributed by atoms with Gasteiger partial charge < -0.3 is 4.74 Å². The summed E-state index contributed by atoms with van der Waals surface area (Å²) < 4.78 is 7.01. The van der Waals surface area contributed by atoms with Crippen LogP contribution in [0.25, 0.3) is 27.7 Å². The Hall–Kier alpha value is -2.88. The molecular weight excluding hydrogens is 262 g/mol. The highest BCUT2D eigenvalue weighted by atomic mass is 16.5. The SMILES string of the molecule is COc1ccc(-c2cn3ncc4ccccc4c3n2)cc1. The fraction of sp³-hybridized carbons (Fsp3) is 0.0588. The Morgan fingerprint density at radius 2 is 1.81 bits per heavy atom. The summed E-state index contributed by atoms with van der Waals surface area (Å²) in [6, 6.07) is 16.0. The first-order chi connectivity index (χ1) is 10.3. The highest BCUT2D eigenvalue weighted by molar-refractivity contribution is 5.93. The van der Waals surface area contributed by atoms with Crippen LogP contribution in [0.1, 0.15) is 0 Å². The van der Waals surface area contributed by atoms with Crippen molar-refractivity contribution in [2.45, 2.75) is 0 Å². The maximum atomic E-state index is 5.18. The van der Waals surface area contributed by atoms with E-state index >= 15 is 0 Å². The van der Waals surface area contributed by atoms with Gasteiger partial charge in [0.1, 0.15) is 5.75 Å². The van der Waals surface area contributed by atoms with Crippen molar-refractivity contribution >= 4 is 16.4 Å². The number of fused-ring (bicyclic) bond motifs is 3. The molecule has 0 N–H and O–H groups in total. The minimum Gasteiger partial charge on any atom is -0.497 e. The lowest BCUT2D eigenvalue weighted by Crippen LogP contribution is -1.89. The second kappa shape index (κ2) is 4.59. The Balaban J connectivity index is 1.91. The van der Waals surface area contributed by atoms with Gasteiger partial charge in [-0.2, -0.15) is 5.10 Å². The highest BCUT2D eigenvalue weighted by Gasteiger charge is 2.08. The molecule has 4 nitrogen and oxygen atoms in total. The van der Waals surface area contributed by atoms with E-state index in [9.17, 15) is 0 Å². The van der Waals surface area contributed by atoms with Gasteiger partial charge in [-0.05, 0) is 24.3 Å². The van der Waals surface area contributed by atoms with Crippen LogP contribution in [0, 0.1) is 0 Å². The summed E-state index contributed by atoms with van der Waals surface area (Å²) >= 11 is 0. The molecule has 0 amide bonds. The number of methoxy groups -OCH3 is 1. The summed E-state index contributed by atoms with van der Waals surface area (Å²) in [5.74, 6) is 0.839. The smallest absolute Gasteiger partial charge is 0.162 e. The van der Waals surface area contributed by atoms with Crippen LogP contribution in [-0.4, -0.2) is 21.7 Å². The van der Waals surface area contributed by atoms with Crippen molar-refractivity contribution in [1.82, 2.24) is 14.6 Å². The molecule has 2 aromatic carbocycles. The van der Waals surface area contributed by atoms with E-state index < -0.39 is 0 Å². The number of hydrogen-bond acceptors (Lipinski definition) is 3. The van der Waals surface area contributed by atoms with Gasteiger partial charge in [-0.15, -0.1) is 0 Å². The maximum absolute atomic E-state index is 5.18. The number of nitrogens with zero attached hydrogens (tertiary/aromatic N) is 3. The van der Waals surface area contributed by atoms with Crippen LogP contribution in [0.3, 0.4) is 0 Å². The third-order valence-corrected chi connectivity index (χ3v) is 3.60. The quantitative estimate of drug-likeness (QED) is 0.561. The third-order valence-electron chi connectivity index (χ3n) is 3.60. The molecule has 0 radical (unpaired) electrons. The summed E-state index contributed by atoms with van der Waals surface area (Å²) in [5.41, 5.74) is 2.82. The van der Waals surface area contributed by atoms with Gasteiger partial charge in [0.25, 0.3) is 0 Å². The van der Waals surface area contributed by atoms with E-state index in [2.05, 4.69) is 11.2 Å². The van der Waals surface area contributed by atoms with Crippen molar-refractivity contribution in [2.75, 3.05) is 7.11 Å². The van der Waals surface area contributed by atoms with Gasteiger partial charge >= 0.3 is 0 Å². The fourth-order valence-electron chi connectivity index (χ4n) is 2.48. The monoisotopic (exact) mass is 275 g/mol. The van der Waals surface area contributed by atoms with Crippen LogP contribution >= 0.6 is 0 Å². The molecule has 4 aromatic rings. The lowest BCUT2D eigenvalue weighted by Gasteiger charge is -1.99. The Kier molecular flexibility index (Phi) is 2.60. The van der Waals surface area contributed by atoms with Crippen LogP contribution in [-0.2, 0) is 0 Å². The number of aromatic nitrogens is 3. The molecule has 102 valence electrons. The first-order valence-electron chi connectivity index (χ1n) is 6.73. The molecule has 0 saturated heterocycles. The number of benzene rings is 2. The molecule has 0 atom stereocenters. The topological polar surface area (TPSA) is 39.4 Å². The standard InChI is InChI=1S/C17H13N3O/c1-21-14-8-6-12(7-9-14)16-11-20-17(19-16)15-5-3-2-4-13(15)10-18-20/h2-11H,1H3. The Labute approximate surface area is 121 Å². The van der Waals surface area contributed by atoms with Crippen molar-refractivity contribution in [2.24, 2.45) is 0 Å². The van der Waals surface area contributed by atoms with E-state index in [1.165, 1.54) is 0 Å². The summed E-state index contributed by atoms with van der Waals surface area (Å²) in [6.07, 6.45) is 3.81. The molecule has 0 saturated carbocycles. The fourth-order valence-corrected chi connectivity index (χ4v) is 2.48. The number of hydrogen-bond donors (Lipinski definition) is 0. The van der Waals surface area contributed by atoms with E-state index in [4.69, 9.17) is 9.72 Å². The van der Waals surface area contributed by atoms with Gasteiger partial charge in [-0.1, -0.05) is 24.3 Å². The summed E-state index contributed by atoms with van der Waals surface area (Å²) in [4.78, 5) is 4.73. The van der Waals surface area contributed by atoms with Crippen LogP contribution in [0.4, 0.5) is 0 Å². The molecule has 0 fully saturated rings. The molecule has 4 rings (SSSR count). The van der Waals surface area contributed by atoms with E-state index in [0.717, 1.165) is 33.4 Å². The van der Waals surface area contributed by atoms with Crippen molar-refractivity contribution in [3.05, 3.63) is 60.9 Å². The van der Waals surface area contributed by atoms with Gasteiger partial charge in [-0.25, -0.2) is 9.50 Å². The first-order valence-corrected chi connectivity index (χ1v) is 6.73. The molecule has 2 heterocycles. The average molecular weight is 275 g/mol. The summed E-state index contributed by atoms with van der Waals surface area (Å²) in [6.45, 7) is 0. The van der Waals surface area contributed by atoms with Crippen LogP contribution in [0.2, 0.25) is 0 Å². The zero-order valence-corrected chi connectivity index (χ0v) is 11.5. The molecule has 4 heteroatoms. The highest BCUT2D eigenvalue weighted by Crippen LogP contribution is 2.24. The molecule has 0 bridgehead atoms. The van der Waals surface area contributed by atoms with Gasteiger partial charge in [0, 0.05) is 16.3 Å². The molecule has 0 aliphatic carbocycles. The normalized spacial score (nSPS) is 11.1. The molecule has 0 spiro atoms. The largest absolute Gasteiger partial charge is 0.497 e. The Morgan fingerprint density at radius 1 is 1.00 bits per heavy atom. The van der Waals surface area contributed by atoms with Gasteiger partial charge in [0.15, 0.2) is 5.65 Å². The van der Waals surface area contributed by atoms with Crippen molar-refractivity contribution in [3.63, 3.8) is 0 Å². The Bertz CT molecular complexity index is 926. The van der Waals surface area contributed by atoms with Gasteiger partial charge in [-0.3, -0.25) is 0 Å². The summed E-state index contributed by atoms with van der Waals surface area (Å²) in [7, 11) is 1.66. The molecular formula is C17H13N3O. The minimum atomic E-state index is 0.839. The number of rotatable bonds is 2. The van der Waals surface area contributed by atoms with E-state index in [0.29, 0.717) is 0 Å². The van der Waals surface area contributed by atoms with Crippen molar-refractivity contribution in [1.29, 1.82) is 0 Å². The first kappa shape index (κ1) is 11.9. The lowest BCUT2D eigenvalue weighted by molar-refractivity contribution is 0.415. The van der Waals surface area contributed by atoms with Crippen molar-refractivity contribution in [3.8, 4) is 17.0 Å². The predicted molar refractivity (Wildman–Crippen MR) is 82.5 cm³/mol. The second-order valence-electron chi connectivity index (χ2n) is 4.85. The average Bonchev–Trinajstić information content (AvgIpc) is 2.99. The van der Waals surface area contributed by atoms with E-state index in [1.54, 1.807) is 7.11 Å². The second-order valence-corrected chi connectivity index (χ2v) is 4.85. The molecule has 21 heavy (non-hydrogen) atoms. The predicted octanol–water partition coefficient (Wildman–Crippen LogP) is 3.56. The molecule has 0 aliphatic heterocycles. The zero-order valence-electron chi connectivity index (χ0n) is 11.5. The van der Waals surface area contributed by atoms with Gasteiger partial charge in [0.05, 0.1) is 25.2 Å². The minimum absolute atomic E-state index is 0.839. The molecule has 0 aliphatic rings. The van der Waals surface area contributed by atoms with Crippen LogP contribution < -0.4 is 4.74 Å². The van der Waals surface area contributed by atoms with Gasteiger partial charge in [0.2, 0.25) is 0 Å². The third kappa shape index (κ3) is 1.92. The van der Waals surface area contributed by atoms with E-state index in [1.807, 2.05) is 59.4 Å². The number of ether oxygens (including phenoxy) is 1. The van der Waals surface area contributed by atoms with Crippen LogP contribution in [0.5, 0.6) is 5.75 Å².